The Morgan fingerprint density at radius 3 is 2.47 bits per heavy atom. The monoisotopic (exact) mass is 283 g/mol. The van der Waals surface area contributed by atoms with E-state index in [-0.39, 0.29) is 4.90 Å². The summed E-state index contributed by atoms with van der Waals surface area (Å²) in [6.45, 7) is 5.87. The molecule has 4 N–H and O–H groups in total. The zero-order valence-corrected chi connectivity index (χ0v) is 12.2. The summed E-state index contributed by atoms with van der Waals surface area (Å²) in [5.74, 6) is 0. The Hall–Kier alpha value is -1.11. The van der Waals surface area contributed by atoms with E-state index >= 15 is 0 Å². The predicted molar refractivity (Wildman–Crippen MR) is 76.8 cm³/mol. The van der Waals surface area contributed by atoms with Crippen LogP contribution < -0.4 is 15.8 Å². The quantitative estimate of drug-likeness (QED) is 0.776. The molecule has 0 atom stereocenters. The number of hydrogen-bond acceptors (Lipinski definition) is 4. The molecular formula is C13H21N3O2S. The molecule has 0 bridgehead atoms. The Balaban J connectivity index is 2.30. The van der Waals surface area contributed by atoms with Crippen LogP contribution in [0.25, 0.3) is 0 Å². The summed E-state index contributed by atoms with van der Waals surface area (Å²) in [7, 11) is -3.66. The van der Waals surface area contributed by atoms with Crippen LogP contribution in [0.4, 0.5) is 5.69 Å². The molecular weight excluding hydrogens is 262 g/mol. The third-order valence-electron chi connectivity index (χ3n) is 3.67. The van der Waals surface area contributed by atoms with Crippen LogP contribution in [0.15, 0.2) is 17.0 Å². The fourth-order valence-electron chi connectivity index (χ4n) is 2.33. The Morgan fingerprint density at radius 2 is 1.89 bits per heavy atom. The van der Waals surface area contributed by atoms with Gasteiger partial charge in [-0.05, 0) is 63.0 Å². The maximum absolute atomic E-state index is 11.5. The molecule has 0 radical (unpaired) electrons. The van der Waals surface area contributed by atoms with Crippen LogP contribution in [0, 0.1) is 13.8 Å². The number of primary sulfonamides is 1. The fourth-order valence-corrected chi connectivity index (χ4v) is 2.95. The molecule has 1 aromatic rings. The lowest BCUT2D eigenvalue weighted by Crippen LogP contribution is -2.35. The number of rotatable bonds is 3. The first-order chi connectivity index (χ1) is 8.88. The van der Waals surface area contributed by atoms with Gasteiger partial charge in [-0.25, -0.2) is 13.6 Å². The second-order valence-corrected chi connectivity index (χ2v) is 6.69. The maximum Gasteiger partial charge on any atom is 0.238 e. The highest BCUT2D eigenvalue weighted by Crippen LogP contribution is 2.25. The van der Waals surface area contributed by atoms with Gasteiger partial charge < -0.3 is 10.6 Å². The van der Waals surface area contributed by atoms with Crippen molar-refractivity contribution in [3.8, 4) is 0 Å². The second kappa shape index (κ2) is 5.48. The van der Waals surface area contributed by atoms with Gasteiger partial charge in [0.1, 0.15) is 0 Å². The lowest BCUT2D eigenvalue weighted by molar-refractivity contribution is 0.479. The zero-order chi connectivity index (χ0) is 14.0. The highest BCUT2D eigenvalue weighted by atomic mass is 32.2. The van der Waals surface area contributed by atoms with Crippen molar-refractivity contribution in [2.75, 3.05) is 18.4 Å². The number of hydrogen-bond donors (Lipinski definition) is 3. The van der Waals surface area contributed by atoms with Crippen molar-refractivity contribution in [1.29, 1.82) is 0 Å². The molecule has 5 nitrogen and oxygen atoms in total. The van der Waals surface area contributed by atoms with Crippen molar-refractivity contribution in [1.82, 2.24) is 5.32 Å². The fraction of sp³-hybridized carbons (Fsp3) is 0.538. The maximum atomic E-state index is 11.5. The molecule has 1 aliphatic rings. The highest BCUT2D eigenvalue weighted by molar-refractivity contribution is 7.89. The summed E-state index contributed by atoms with van der Waals surface area (Å²) >= 11 is 0. The number of piperidine rings is 1. The largest absolute Gasteiger partial charge is 0.382 e. The molecule has 0 unspecified atom stereocenters. The van der Waals surface area contributed by atoms with Gasteiger partial charge in [0.05, 0.1) is 4.90 Å². The minimum atomic E-state index is -3.66. The van der Waals surface area contributed by atoms with Crippen LogP contribution in [0.3, 0.4) is 0 Å². The van der Waals surface area contributed by atoms with Crippen molar-refractivity contribution < 1.29 is 8.42 Å². The molecule has 1 aliphatic heterocycles. The number of sulfonamides is 1. The minimum absolute atomic E-state index is 0.173. The summed E-state index contributed by atoms with van der Waals surface area (Å²) < 4.78 is 23.0. The van der Waals surface area contributed by atoms with Gasteiger partial charge in [0, 0.05) is 11.7 Å². The van der Waals surface area contributed by atoms with Crippen molar-refractivity contribution >= 4 is 15.7 Å². The SMILES string of the molecule is Cc1cc(S(N)(=O)=O)cc(NC2CCNCC2)c1C. The van der Waals surface area contributed by atoms with Crippen molar-refractivity contribution in [3.05, 3.63) is 23.3 Å². The molecule has 0 aromatic heterocycles. The average molecular weight is 283 g/mol. The standard InChI is InChI=1S/C13H21N3O2S/c1-9-7-12(19(14,17)18)8-13(10(9)2)16-11-3-5-15-6-4-11/h7-8,11,15-16H,3-6H2,1-2H3,(H2,14,17,18). The number of anilines is 1. The van der Waals surface area contributed by atoms with Crippen LogP contribution in [-0.4, -0.2) is 27.5 Å². The Bertz CT molecular complexity index is 563. The Morgan fingerprint density at radius 1 is 1.26 bits per heavy atom. The van der Waals surface area contributed by atoms with E-state index in [2.05, 4.69) is 10.6 Å². The molecule has 0 aliphatic carbocycles. The summed E-state index contributed by atoms with van der Waals surface area (Å²) in [4.78, 5) is 0.173. The van der Waals surface area contributed by atoms with Crippen LogP contribution in [0.2, 0.25) is 0 Å². The van der Waals surface area contributed by atoms with Gasteiger partial charge in [-0.2, -0.15) is 0 Å². The highest BCUT2D eigenvalue weighted by Gasteiger charge is 2.17. The molecule has 19 heavy (non-hydrogen) atoms. The first-order valence-electron chi connectivity index (χ1n) is 6.49. The van der Waals surface area contributed by atoms with Gasteiger partial charge in [-0.1, -0.05) is 0 Å². The molecule has 0 amide bonds. The van der Waals surface area contributed by atoms with Crippen molar-refractivity contribution in [2.24, 2.45) is 5.14 Å². The number of nitrogens with two attached hydrogens (primary N) is 1. The van der Waals surface area contributed by atoms with Gasteiger partial charge in [0.2, 0.25) is 10.0 Å². The predicted octanol–water partition coefficient (Wildman–Crippen LogP) is 1.11. The smallest absolute Gasteiger partial charge is 0.238 e. The molecule has 106 valence electrons. The third kappa shape index (κ3) is 3.46. The van der Waals surface area contributed by atoms with Gasteiger partial charge in [-0.15, -0.1) is 0 Å². The first kappa shape index (κ1) is 14.3. The van der Waals surface area contributed by atoms with E-state index in [1.807, 2.05) is 13.8 Å². The minimum Gasteiger partial charge on any atom is -0.382 e. The summed E-state index contributed by atoms with van der Waals surface area (Å²) in [5.41, 5.74) is 2.88. The normalized spacial score (nSPS) is 17.4. The van der Waals surface area contributed by atoms with Crippen LogP contribution in [0.1, 0.15) is 24.0 Å². The zero-order valence-electron chi connectivity index (χ0n) is 11.4. The van der Waals surface area contributed by atoms with Crippen LogP contribution >= 0.6 is 0 Å². The summed E-state index contributed by atoms with van der Waals surface area (Å²) in [5, 5.41) is 12.0. The van der Waals surface area contributed by atoms with Crippen molar-refractivity contribution in [2.45, 2.75) is 37.6 Å². The van der Waals surface area contributed by atoms with E-state index in [4.69, 9.17) is 5.14 Å². The van der Waals surface area contributed by atoms with Crippen LogP contribution in [0.5, 0.6) is 0 Å². The molecule has 1 fully saturated rings. The number of nitrogens with one attached hydrogen (secondary N) is 2. The van der Waals surface area contributed by atoms with Gasteiger partial charge in [0.15, 0.2) is 0 Å². The van der Waals surface area contributed by atoms with E-state index in [1.54, 1.807) is 12.1 Å². The Labute approximate surface area is 114 Å². The van der Waals surface area contributed by atoms with Crippen molar-refractivity contribution in [3.63, 3.8) is 0 Å². The summed E-state index contributed by atoms with van der Waals surface area (Å²) in [6.07, 6.45) is 2.08. The number of benzene rings is 1. The van der Waals surface area contributed by atoms with E-state index in [9.17, 15) is 8.42 Å². The average Bonchev–Trinajstić information content (AvgIpc) is 2.34. The molecule has 0 saturated carbocycles. The molecule has 1 saturated heterocycles. The first-order valence-corrected chi connectivity index (χ1v) is 8.04. The van der Waals surface area contributed by atoms with E-state index in [1.165, 1.54) is 0 Å². The lowest BCUT2D eigenvalue weighted by Gasteiger charge is -2.26. The van der Waals surface area contributed by atoms with Gasteiger partial charge in [0.25, 0.3) is 0 Å². The van der Waals surface area contributed by atoms with E-state index < -0.39 is 10.0 Å². The molecule has 1 heterocycles. The van der Waals surface area contributed by atoms with Crippen LogP contribution in [-0.2, 0) is 10.0 Å². The molecule has 0 spiro atoms. The van der Waals surface area contributed by atoms with Gasteiger partial charge in [-0.3, -0.25) is 0 Å². The third-order valence-corrected chi connectivity index (χ3v) is 4.56. The lowest BCUT2D eigenvalue weighted by atomic mass is 10.0. The summed E-state index contributed by atoms with van der Waals surface area (Å²) in [6, 6.07) is 3.65. The van der Waals surface area contributed by atoms with E-state index in [0.717, 1.165) is 42.7 Å². The second-order valence-electron chi connectivity index (χ2n) is 5.13. The molecule has 2 rings (SSSR count). The number of aryl methyl sites for hydroxylation is 1. The van der Waals surface area contributed by atoms with E-state index in [0.29, 0.717) is 6.04 Å². The topological polar surface area (TPSA) is 84.2 Å². The van der Waals surface area contributed by atoms with Gasteiger partial charge >= 0.3 is 0 Å². The molecule has 6 heteroatoms. The Kier molecular flexibility index (Phi) is 4.13. The molecule has 1 aromatic carbocycles.